The molecule has 2 heterocycles. The van der Waals surface area contributed by atoms with Crippen molar-refractivity contribution >= 4 is 11.6 Å². The molecule has 1 aromatic rings. The number of halogens is 1. The van der Waals surface area contributed by atoms with Gasteiger partial charge in [-0.05, 0) is 50.6 Å². The van der Waals surface area contributed by atoms with Crippen LogP contribution in [0.1, 0.15) is 30.0 Å². The standard InChI is InChI=1S/C11H15ClN2/c1-8-6-11(12)13-7-9(8)10-4-3-5-14(10)2/h6-7,10H,3-5H2,1-2H3/t10-/m0/s1. The molecule has 0 amide bonds. The first-order valence-electron chi connectivity index (χ1n) is 5.01. The summed E-state index contributed by atoms with van der Waals surface area (Å²) in [4.78, 5) is 6.54. The highest BCUT2D eigenvalue weighted by molar-refractivity contribution is 6.29. The molecule has 0 bridgehead atoms. The Morgan fingerprint density at radius 2 is 2.36 bits per heavy atom. The van der Waals surface area contributed by atoms with Crippen LogP contribution in [0.2, 0.25) is 5.15 Å². The molecule has 0 radical (unpaired) electrons. The number of aromatic nitrogens is 1. The van der Waals surface area contributed by atoms with E-state index in [0.29, 0.717) is 11.2 Å². The molecule has 1 aliphatic rings. The molecule has 0 spiro atoms. The van der Waals surface area contributed by atoms with Crippen LogP contribution in [-0.4, -0.2) is 23.5 Å². The van der Waals surface area contributed by atoms with Crippen LogP contribution in [0.25, 0.3) is 0 Å². The number of rotatable bonds is 1. The maximum atomic E-state index is 5.84. The minimum Gasteiger partial charge on any atom is -0.299 e. The van der Waals surface area contributed by atoms with Crippen molar-refractivity contribution in [2.45, 2.75) is 25.8 Å². The summed E-state index contributed by atoms with van der Waals surface area (Å²) in [6.07, 6.45) is 4.44. The molecule has 0 saturated carbocycles. The molecule has 0 N–H and O–H groups in total. The largest absolute Gasteiger partial charge is 0.299 e. The number of aryl methyl sites for hydroxylation is 1. The summed E-state index contributed by atoms with van der Waals surface area (Å²) in [5, 5.41) is 0.590. The quantitative estimate of drug-likeness (QED) is 0.663. The van der Waals surface area contributed by atoms with Crippen molar-refractivity contribution in [3.05, 3.63) is 28.5 Å². The monoisotopic (exact) mass is 210 g/mol. The van der Waals surface area contributed by atoms with Crippen molar-refractivity contribution in [2.75, 3.05) is 13.6 Å². The van der Waals surface area contributed by atoms with Gasteiger partial charge in [-0.3, -0.25) is 4.90 Å². The summed E-state index contributed by atoms with van der Waals surface area (Å²) in [5.41, 5.74) is 2.58. The third kappa shape index (κ3) is 1.77. The molecule has 1 saturated heterocycles. The summed E-state index contributed by atoms with van der Waals surface area (Å²) in [5.74, 6) is 0. The molecule has 1 atom stereocenters. The zero-order valence-electron chi connectivity index (χ0n) is 8.63. The van der Waals surface area contributed by atoms with E-state index in [-0.39, 0.29) is 0 Å². The second-order valence-electron chi connectivity index (χ2n) is 4.00. The van der Waals surface area contributed by atoms with E-state index in [1.54, 1.807) is 0 Å². The highest BCUT2D eigenvalue weighted by atomic mass is 35.5. The fourth-order valence-electron chi connectivity index (χ4n) is 2.18. The first kappa shape index (κ1) is 9.94. The van der Waals surface area contributed by atoms with E-state index in [1.165, 1.54) is 30.5 Å². The minimum atomic E-state index is 0.541. The van der Waals surface area contributed by atoms with E-state index >= 15 is 0 Å². The molecule has 1 aliphatic heterocycles. The summed E-state index contributed by atoms with van der Waals surface area (Å²) >= 11 is 5.84. The van der Waals surface area contributed by atoms with Gasteiger partial charge >= 0.3 is 0 Å². The molecule has 1 aromatic heterocycles. The average Bonchev–Trinajstić information content (AvgIpc) is 2.52. The normalized spacial score (nSPS) is 22.9. The van der Waals surface area contributed by atoms with Crippen molar-refractivity contribution in [3.63, 3.8) is 0 Å². The topological polar surface area (TPSA) is 16.1 Å². The van der Waals surface area contributed by atoms with Gasteiger partial charge in [0.15, 0.2) is 0 Å². The summed E-state index contributed by atoms with van der Waals surface area (Å²) < 4.78 is 0. The lowest BCUT2D eigenvalue weighted by Crippen LogP contribution is -2.18. The van der Waals surface area contributed by atoms with Crippen LogP contribution in [0.15, 0.2) is 12.3 Å². The second-order valence-corrected chi connectivity index (χ2v) is 4.39. The zero-order valence-corrected chi connectivity index (χ0v) is 9.38. The maximum Gasteiger partial charge on any atom is 0.129 e. The Morgan fingerprint density at radius 3 is 2.93 bits per heavy atom. The first-order chi connectivity index (χ1) is 6.68. The van der Waals surface area contributed by atoms with Gasteiger partial charge in [0.05, 0.1) is 0 Å². The lowest BCUT2D eigenvalue weighted by atomic mass is 10.0. The smallest absolute Gasteiger partial charge is 0.129 e. The zero-order chi connectivity index (χ0) is 10.1. The predicted molar refractivity (Wildman–Crippen MR) is 58.6 cm³/mol. The van der Waals surface area contributed by atoms with E-state index in [9.17, 15) is 0 Å². The van der Waals surface area contributed by atoms with Gasteiger partial charge in [0.25, 0.3) is 0 Å². The van der Waals surface area contributed by atoms with Crippen LogP contribution in [0.5, 0.6) is 0 Å². The van der Waals surface area contributed by atoms with E-state index in [4.69, 9.17) is 11.6 Å². The molecule has 2 rings (SSSR count). The van der Waals surface area contributed by atoms with Crippen LogP contribution in [0.3, 0.4) is 0 Å². The van der Waals surface area contributed by atoms with Gasteiger partial charge in [-0.25, -0.2) is 4.98 Å². The Bertz CT molecular complexity index is 338. The summed E-state index contributed by atoms with van der Waals surface area (Å²) in [7, 11) is 2.17. The van der Waals surface area contributed by atoms with Crippen molar-refractivity contribution in [3.8, 4) is 0 Å². The molecule has 14 heavy (non-hydrogen) atoms. The van der Waals surface area contributed by atoms with E-state index < -0.39 is 0 Å². The molecular weight excluding hydrogens is 196 g/mol. The van der Waals surface area contributed by atoms with Gasteiger partial charge in [-0.2, -0.15) is 0 Å². The Morgan fingerprint density at radius 1 is 1.57 bits per heavy atom. The first-order valence-corrected chi connectivity index (χ1v) is 5.38. The number of hydrogen-bond acceptors (Lipinski definition) is 2. The van der Waals surface area contributed by atoms with Crippen molar-refractivity contribution in [1.29, 1.82) is 0 Å². The van der Waals surface area contributed by atoms with Gasteiger partial charge in [0.1, 0.15) is 5.15 Å². The highest BCUT2D eigenvalue weighted by Gasteiger charge is 2.23. The van der Waals surface area contributed by atoms with E-state index in [0.717, 1.165) is 0 Å². The average molecular weight is 211 g/mol. The third-order valence-electron chi connectivity index (χ3n) is 3.00. The SMILES string of the molecule is Cc1cc(Cl)ncc1[C@@H]1CCCN1C. The van der Waals surface area contributed by atoms with Crippen LogP contribution in [0.4, 0.5) is 0 Å². The van der Waals surface area contributed by atoms with Crippen molar-refractivity contribution in [1.82, 2.24) is 9.88 Å². The number of pyridine rings is 1. The number of nitrogens with zero attached hydrogens (tertiary/aromatic N) is 2. The van der Waals surface area contributed by atoms with Gasteiger partial charge < -0.3 is 0 Å². The van der Waals surface area contributed by atoms with Crippen LogP contribution in [-0.2, 0) is 0 Å². The molecule has 0 aromatic carbocycles. The van der Waals surface area contributed by atoms with Gasteiger partial charge in [0.2, 0.25) is 0 Å². The Hall–Kier alpha value is -0.600. The summed E-state index contributed by atoms with van der Waals surface area (Å²) in [6, 6.07) is 2.49. The van der Waals surface area contributed by atoms with Gasteiger partial charge in [-0.1, -0.05) is 11.6 Å². The van der Waals surface area contributed by atoms with E-state index in [1.807, 2.05) is 12.3 Å². The van der Waals surface area contributed by atoms with Crippen LogP contribution >= 0.6 is 11.6 Å². The molecule has 76 valence electrons. The van der Waals surface area contributed by atoms with Crippen molar-refractivity contribution in [2.24, 2.45) is 0 Å². The Balaban J connectivity index is 2.31. The van der Waals surface area contributed by atoms with Gasteiger partial charge in [-0.15, -0.1) is 0 Å². The Kier molecular flexibility index (Phi) is 2.75. The lowest BCUT2D eigenvalue weighted by Gasteiger charge is -2.21. The molecule has 0 unspecified atom stereocenters. The predicted octanol–water partition coefficient (Wildman–Crippen LogP) is 2.81. The van der Waals surface area contributed by atoms with Gasteiger partial charge in [0, 0.05) is 12.2 Å². The van der Waals surface area contributed by atoms with Crippen LogP contribution < -0.4 is 0 Å². The molecular formula is C11H15ClN2. The highest BCUT2D eigenvalue weighted by Crippen LogP contribution is 2.32. The molecule has 2 nitrogen and oxygen atoms in total. The molecule has 1 fully saturated rings. The fraction of sp³-hybridized carbons (Fsp3) is 0.545. The second kappa shape index (κ2) is 3.87. The van der Waals surface area contributed by atoms with Crippen LogP contribution in [0, 0.1) is 6.92 Å². The third-order valence-corrected chi connectivity index (χ3v) is 3.20. The molecule has 3 heteroatoms. The number of likely N-dealkylation sites (tertiary alicyclic amines) is 1. The fourth-order valence-corrected chi connectivity index (χ4v) is 2.40. The van der Waals surface area contributed by atoms with E-state index in [2.05, 4.69) is 23.9 Å². The number of hydrogen-bond donors (Lipinski definition) is 0. The minimum absolute atomic E-state index is 0.541. The molecule has 0 aliphatic carbocycles. The van der Waals surface area contributed by atoms with Crippen molar-refractivity contribution < 1.29 is 0 Å². The Labute approximate surface area is 89.9 Å². The maximum absolute atomic E-state index is 5.84. The summed E-state index contributed by atoms with van der Waals surface area (Å²) in [6.45, 7) is 3.29. The lowest BCUT2D eigenvalue weighted by molar-refractivity contribution is 0.316.